The summed E-state index contributed by atoms with van der Waals surface area (Å²) in [7, 11) is 0.243. The first-order chi connectivity index (χ1) is 2.91. The zero-order valence-electron chi connectivity index (χ0n) is 4.28. The second-order valence-electron chi connectivity index (χ2n) is 1.43. The summed E-state index contributed by atoms with van der Waals surface area (Å²) < 4.78 is 0. The lowest BCUT2D eigenvalue weighted by Gasteiger charge is -1.85. The Kier molecular flexibility index (Phi) is 5.33. The number of hydrogen-bond donors (Lipinski definition) is 1. The molecule has 0 aliphatic rings. The molecule has 0 amide bonds. The topological polar surface area (TPSA) is 20.2 Å². The van der Waals surface area contributed by atoms with Gasteiger partial charge in [-0.1, -0.05) is 12.6 Å². The molecule has 0 aromatic heterocycles. The molecule has 0 rings (SSSR count). The first-order valence-corrected chi connectivity index (χ1v) is 4.94. The van der Waals surface area contributed by atoms with Gasteiger partial charge in [-0.15, -0.1) is 0 Å². The van der Waals surface area contributed by atoms with Crippen LogP contribution in [0.4, 0.5) is 0 Å². The van der Waals surface area contributed by atoms with E-state index in [2.05, 4.69) is 6.55 Å². The molecular formula is C4H12OSi. The van der Waals surface area contributed by atoms with Gasteiger partial charge < -0.3 is 5.11 Å². The average Bonchev–Trinajstić information content (AvgIpc) is 1.61. The summed E-state index contributed by atoms with van der Waals surface area (Å²) in [6.45, 7) is 2.65. The third kappa shape index (κ3) is 4.18. The quantitative estimate of drug-likeness (QED) is 0.395. The molecule has 0 aliphatic carbocycles. The van der Waals surface area contributed by atoms with Crippen LogP contribution in [0.25, 0.3) is 0 Å². The van der Waals surface area contributed by atoms with Crippen molar-refractivity contribution < 1.29 is 5.11 Å². The Bertz CT molecular complexity index is 19.5. The van der Waals surface area contributed by atoms with Gasteiger partial charge in [0.05, 0.1) is 0 Å². The minimum atomic E-state index is 0.243. The lowest BCUT2D eigenvalue weighted by atomic mass is 10.5. The minimum Gasteiger partial charge on any atom is -0.396 e. The van der Waals surface area contributed by atoms with Gasteiger partial charge in [0.25, 0.3) is 0 Å². The molecule has 0 heterocycles. The van der Waals surface area contributed by atoms with Crippen LogP contribution < -0.4 is 0 Å². The van der Waals surface area contributed by atoms with E-state index in [0.29, 0.717) is 6.61 Å². The molecule has 38 valence electrons. The largest absolute Gasteiger partial charge is 0.396 e. The number of hydrogen-bond acceptors (Lipinski definition) is 1. The second-order valence-corrected chi connectivity index (χ2v) is 3.14. The first-order valence-electron chi connectivity index (χ1n) is 2.52. The molecule has 0 aliphatic heterocycles. The molecule has 0 spiro atoms. The molecule has 0 saturated carbocycles. The van der Waals surface area contributed by atoms with Crippen molar-refractivity contribution in [3.63, 3.8) is 0 Å². The summed E-state index contributed by atoms with van der Waals surface area (Å²) >= 11 is 0. The number of rotatable bonds is 3. The number of aliphatic hydroxyl groups is 1. The zero-order valence-corrected chi connectivity index (χ0v) is 5.69. The SMILES string of the molecule is C[SiH2]CCCO. The van der Waals surface area contributed by atoms with Crippen LogP contribution >= 0.6 is 0 Å². The fourth-order valence-corrected chi connectivity index (χ4v) is 1.09. The van der Waals surface area contributed by atoms with Crippen molar-refractivity contribution >= 4 is 9.52 Å². The molecule has 0 fully saturated rings. The molecule has 1 N–H and O–H groups in total. The normalized spacial score (nSPS) is 11.0. The van der Waals surface area contributed by atoms with Crippen LogP contribution in [0.15, 0.2) is 0 Å². The van der Waals surface area contributed by atoms with Gasteiger partial charge in [-0.05, 0) is 6.42 Å². The Labute approximate surface area is 41.2 Å². The minimum absolute atomic E-state index is 0.243. The summed E-state index contributed by atoms with van der Waals surface area (Å²) in [5.74, 6) is 0. The van der Waals surface area contributed by atoms with Gasteiger partial charge in [0.1, 0.15) is 0 Å². The lowest BCUT2D eigenvalue weighted by Crippen LogP contribution is -1.84. The van der Waals surface area contributed by atoms with Crippen LogP contribution in [0.2, 0.25) is 12.6 Å². The smallest absolute Gasteiger partial charge is 0.0428 e. The van der Waals surface area contributed by atoms with Crippen LogP contribution in [0, 0.1) is 0 Å². The summed E-state index contributed by atoms with van der Waals surface area (Å²) in [5, 5.41) is 8.22. The highest BCUT2D eigenvalue weighted by Gasteiger charge is 1.77. The fraction of sp³-hybridized carbons (Fsp3) is 1.00. The van der Waals surface area contributed by atoms with Crippen molar-refractivity contribution in [2.75, 3.05) is 6.61 Å². The predicted octanol–water partition coefficient (Wildman–Crippen LogP) is 0.00400. The van der Waals surface area contributed by atoms with Gasteiger partial charge in [0, 0.05) is 16.1 Å². The van der Waals surface area contributed by atoms with E-state index in [1.165, 1.54) is 6.04 Å². The van der Waals surface area contributed by atoms with E-state index in [0.717, 1.165) is 6.42 Å². The van der Waals surface area contributed by atoms with Gasteiger partial charge >= 0.3 is 0 Å². The highest BCUT2D eigenvalue weighted by Crippen LogP contribution is 1.82. The maximum atomic E-state index is 8.22. The number of aliphatic hydroxyl groups excluding tert-OH is 1. The van der Waals surface area contributed by atoms with E-state index in [-0.39, 0.29) is 9.52 Å². The predicted molar refractivity (Wildman–Crippen MR) is 30.9 cm³/mol. The fourth-order valence-electron chi connectivity index (χ4n) is 0.362. The Balaban J connectivity index is 2.34. The third-order valence-corrected chi connectivity index (χ3v) is 1.97. The van der Waals surface area contributed by atoms with Crippen molar-refractivity contribution in [3.05, 3.63) is 0 Å². The molecular weight excluding hydrogens is 92.1 g/mol. The van der Waals surface area contributed by atoms with Crippen molar-refractivity contribution in [1.29, 1.82) is 0 Å². The van der Waals surface area contributed by atoms with Crippen LogP contribution in [0.1, 0.15) is 6.42 Å². The van der Waals surface area contributed by atoms with Crippen LogP contribution in [-0.4, -0.2) is 21.2 Å². The Hall–Kier alpha value is 0.177. The first kappa shape index (κ1) is 6.18. The van der Waals surface area contributed by atoms with Crippen molar-refractivity contribution in [2.45, 2.75) is 19.0 Å². The van der Waals surface area contributed by atoms with Crippen molar-refractivity contribution in [3.8, 4) is 0 Å². The summed E-state index contributed by atoms with van der Waals surface area (Å²) in [6, 6.07) is 1.30. The molecule has 0 radical (unpaired) electrons. The molecule has 0 unspecified atom stereocenters. The van der Waals surface area contributed by atoms with Crippen LogP contribution in [0.3, 0.4) is 0 Å². The van der Waals surface area contributed by atoms with E-state index in [1.54, 1.807) is 0 Å². The van der Waals surface area contributed by atoms with Crippen molar-refractivity contribution in [1.82, 2.24) is 0 Å². The third-order valence-electron chi connectivity index (χ3n) is 0.762. The Morgan fingerprint density at radius 3 is 2.50 bits per heavy atom. The van der Waals surface area contributed by atoms with Crippen LogP contribution in [-0.2, 0) is 0 Å². The molecule has 0 atom stereocenters. The summed E-state index contributed by atoms with van der Waals surface area (Å²) in [5.41, 5.74) is 0. The van der Waals surface area contributed by atoms with E-state index in [4.69, 9.17) is 5.11 Å². The molecule has 0 aromatic carbocycles. The molecule has 1 nitrogen and oxygen atoms in total. The van der Waals surface area contributed by atoms with Gasteiger partial charge in [-0.2, -0.15) is 0 Å². The van der Waals surface area contributed by atoms with E-state index in [9.17, 15) is 0 Å². The highest BCUT2D eigenvalue weighted by molar-refractivity contribution is 6.33. The molecule has 2 heteroatoms. The maximum Gasteiger partial charge on any atom is 0.0428 e. The van der Waals surface area contributed by atoms with E-state index >= 15 is 0 Å². The summed E-state index contributed by atoms with van der Waals surface area (Å²) in [6.07, 6.45) is 1.03. The van der Waals surface area contributed by atoms with E-state index in [1.807, 2.05) is 0 Å². The van der Waals surface area contributed by atoms with Gasteiger partial charge in [-0.25, -0.2) is 0 Å². The van der Waals surface area contributed by atoms with Gasteiger partial charge in [0.15, 0.2) is 0 Å². The van der Waals surface area contributed by atoms with E-state index < -0.39 is 0 Å². The average molecular weight is 104 g/mol. The molecule has 0 saturated heterocycles. The monoisotopic (exact) mass is 104 g/mol. The maximum absolute atomic E-state index is 8.22. The second kappa shape index (κ2) is 5.18. The Morgan fingerprint density at radius 2 is 2.33 bits per heavy atom. The van der Waals surface area contributed by atoms with Gasteiger partial charge in [-0.3, -0.25) is 0 Å². The van der Waals surface area contributed by atoms with Crippen LogP contribution in [0.5, 0.6) is 0 Å². The van der Waals surface area contributed by atoms with Gasteiger partial charge in [0.2, 0.25) is 0 Å². The summed E-state index contributed by atoms with van der Waals surface area (Å²) in [4.78, 5) is 0. The standard InChI is InChI=1S/C4H12OSi/c1-6-4-2-3-5/h5H,2-4,6H2,1H3. The van der Waals surface area contributed by atoms with Crippen molar-refractivity contribution in [2.24, 2.45) is 0 Å². The molecule has 6 heavy (non-hydrogen) atoms. The zero-order chi connectivity index (χ0) is 4.83. The molecule has 0 bridgehead atoms. The Morgan fingerprint density at radius 1 is 1.67 bits per heavy atom. The lowest BCUT2D eigenvalue weighted by molar-refractivity contribution is 0.295. The highest BCUT2D eigenvalue weighted by atomic mass is 28.2. The molecule has 0 aromatic rings.